The Morgan fingerprint density at radius 3 is 2.68 bits per heavy atom. The minimum Gasteiger partial charge on any atom is -0.489 e. The summed E-state index contributed by atoms with van der Waals surface area (Å²) in [5.41, 5.74) is 3.16. The van der Waals surface area contributed by atoms with Gasteiger partial charge in [-0.15, -0.1) is 0 Å². The van der Waals surface area contributed by atoms with Gasteiger partial charge in [-0.2, -0.15) is 0 Å². The third kappa shape index (κ3) is 2.66. The van der Waals surface area contributed by atoms with E-state index in [1.54, 1.807) is 6.26 Å². The maximum atomic E-state index is 5.78. The average Bonchev–Trinajstić information content (AvgIpc) is 2.80. The van der Waals surface area contributed by atoms with E-state index in [1.165, 1.54) is 5.56 Å². The quantitative estimate of drug-likeness (QED) is 0.672. The van der Waals surface area contributed by atoms with Crippen molar-refractivity contribution in [1.29, 1.82) is 0 Å². The number of fused-ring (bicyclic) bond motifs is 1. The summed E-state index contributed by atoms with van der Waals surface area (Å²) in [7, 11) is 0. The number of furan rings is 1. The first-order valence-corrected chi connectivity index (χ1v) is 6.87. The standard InChI is InChI=1S/C16H13BrO2/c1-11-2-5-14(6-3-11)18-9-12-10-19-16-7-4-13(17)8-15(12)16/h2-8,10H,9H2,1H3. The van der Waals surface area contributed by atoms with Gasteiger partial charge in [-0.25, -0.2) is 0 Å². The van der Waals surface area contributed by atoms with Crippen LogP contribution in [0.4, 0.5) is 0 Å². The first kappa shape index (κ1) is 12.3. The minimum absolute atomic E-state index is 0.506. The molecule has 0 saturated carbocycles. The number of hydrogen-bond donors (Lipinski definition) is 0. The molecule has 3 rings (SSSR count). The number of halogens is 1. The van der Waals surface area contributed by atoms with Crippen LogP contribution in [0.2, 0.25) is 0 Å². The lowest BCUT2D eigenvalue weighted by Crippen LogP contribution is -1.94. The first-order valence-electron chi connectivity index (χ1n) is 6.07. The van der Waals surface area contributed by atoms with Crippen LogP contribution in [0.1, 0.15) is 11.1 Å². The molecule has 0 saturated heterocycles. The lowest BCUT2D eigenvalue weighted by atomic mass is 10.2. The maximum absolute atomic E-state index is 5.78. The van der Waals surface area contributed by atoms with Crippen LogP contribution in [0.15, 0.2) is 57.6 Å². The molecule has 1 aromatic heterocycles. The highest BCUT2D eigenvalue weighted by molar-refractivity contribution is 9.10. The van der Waals surface area contributed by atoms with E-state index in [4.69, 9.17) is 9.15 Å². The Kier molecular flexibility index (Phi) is 3.30. The Bertz CT molecular complexity index is 698. The average molecular weight is 317 g/mol. The van der Waals surface area contributed by atoms with Gasteiger partial charge in [0.15, 0.2) is 0 Å². The van der Waals surface area contributed by atoms with E-state index in [0.29, 0.717) is 6.61 Å². The number of rotatable bonds is 3. The molecular weight excluding hydrogens is 304 g/mol. The SMILES string of the molecule is Cc1ccc(OCc2coc3ccc(Br)cc23)cc1. The fourth-order valence-corrected chi connectivity index (χ4v) is 2.32. The molecule has 0 N–H and O–H groups in total. The summed E-state index contributed by atoms with van der Waals surface area (Å²) in [5, 5.41) is 1.08. The topological polar surface area (TPSA) is 22.4 Å². The zero-order chi connectivity index (χ0) is 13.2. The highest BCUT2D eigenvalue weighted by Gasteiger charge is 2.07. The van der Waals surface area contributed by atoms with Gasteiger partial charge in [-0.1, -0.05) is 33.6 Å². The molecule has 0 amide bonds. The van der Waals surface area contributed by atoms with Gasteiger partial charge in [0.1, 0.15) is 17.9 Å². The Morgan fingerprint density at radius 2 is 1.89 bits per heavy atom. The Balaban J connectivity index is 1.81. The summed E-state index contributed by atoms with van der Waals surface area (Å²) in [5.74, 6) is 0.870. The van der Waals surface area contributed by atoms with Crippen LogP contribution in [0.3, 0.4) is 0 Å². The van der Waals surface area contributed by atoms with Crippen LogP contribution in [0, 0.1) is 6.92 Å². The van der Waals surface area contributed by atoms with Crippen LogP contribution in [-0.2, 0) is 6.61 Å². The fourth-order valence-electron chi connectivity index (χ4n) is 1.96. The van der Waals surface area contributed by atoms with E-state index in [9.17, 15) is 0 Å². The molecule has 0 radical (unpaired) electrons. The first-order chi connectivity index (χ1) is 9.22. The van der Waals surface area contributed by atoms with Gasteiger partial charge in [0.25, 0.3) is 0 Å². The van der Waals surface area contributed by atoms with Crippen molar-refractivity contribution in [2.45, 2.75) is 13.5 Å². The summed E-state index contributed by atoms with van der Waals surface area (Å²) >= 11 is 3.47. The zero-order valence-corrected chi connectivity index (χ0v) is 12.1. The van der Waals surface area contributed by atoms with Crippen molar-refractivity contribution in [2.24, 2.45) is 0 Å². The lowest BCUT2D eigenvalue weighted by Gasteiger charge is -2.05. The predicted octanol–water partition coefficient (Wildman–Crippen LogP) is 5.08. The molecule has 3 aromatic rings. The van der Waals surface area contributed by atoms with Crippen molar-refractivity contribution in [2.75, 3.05) is 0 Å². The molecule has 1 heterocycles. The van der Waals surface area contributed by atoms with Gasteiger partial charge >= 0.3 is 0 Å². The maximum Gasteiger partial charge on any atom is 0.134 e. The highest BCUT2D eigenvalue weighted by Crippen LogP contribution is 2.26. The molecule has 0 fully saturated rings. The van der Waals surface area contributed by atoms with Crippen LogP contribution in [0.5, 0.6) is 5.75 Å². The molecule has 96 valence electrons. The second kappa shape index (κ2) is 5.10. The Labute approximate surface area is 120 Å². The summed E-state index contributed by atoms with van der Waals surface area (Å²) in [4.78, 5) is 0. The smallest absolute Gasteiger partial charge is 0.134 e. The monoisotopic (exact) mass is 316 g/mol. The van der Waals surface area contributed by atoms with Crippen molar-refractivity contribution in [1.82, 2.24) is 0 Å². The van der Waals surface area contributed by atoms with E-state index in [-0.39, 0.29) is 0 Å². The zero-order valence-electron chi connectivity index (χ0n) is 10.5. The third-order valence-corrected chi connectivity index (χ3v) is 3.52. The molecule has 0 aliphatic heterocycles. The summed E-state index contributed by atoms with van der Waals surface area (Å²) < 4.78 is 12.3. The van der Waals surface area contributed by atoms with Gasteiger partial charge in [0.05, 0.1) is 6.26 Å². The number of hydrogen-bond acceptors (Lipinski definition) is 2. The van der Waals surface area contributed by atoms with E-state index in [1.807, 2.05) is 42.5 Å². The van der Waals surface area contributed by atoms with Crippen molar-refractivity contribution in [3.63, 3.8) is 0 Å². The van der Waals surface area contributed by atoms with Crippen LogP contribution < -0.4 is 4.74 Å². The van der Waals surface area contributed by atoms with E-state index < -0.39 is 0 Å². The molecule has 2 aromatic carbocycles. The summed E-state index contributed by atoms with van der Waals surface area (Å²) in [6.07, 6.45) is 1.76. The lowest BCUT2D eigenvalue weighted by molar-refractivity contribution is 0.306. The van der Waals surface area contributed by atoms with Gasteiger partial charge < -0.3 is 9.15 Å². The van der Waals surface area contributed by atoms with Crippen molar-refractivity contribution < 1.29 is 9.15 Å². The van der Waals surface area contributed by atoms with E-state index >= 15 is 0 Å². The predicted molar refractivity (Wildman–Crippen MR) is 79.4 cm³/mol. The minimum atomic E-state index is 0.506. The molecule has 0 unspecified atom stereocenters. The molecule has 0 aliphatic rings. The molecular formula is C16H13BrO2. The Morgan fingerprint density at radius 1 is 1.11 bits per heavy atom. The van der Waals surface area contributed by atoms with Crippen molar-refractivity contribution in [3.8, 4) is 5.75 Å². The molecule has 0 aliphatic carbocycles. The van der Waals surface area contributed by atoms with E-state index in [2.05, 4.69) is 22.9 Å². The van der Waals surface area contributed by atoms with Gasteiger partial charge in [0.2, 0.25) is 0 Å². The van der Waals surface area contributed by atoms with Gasteiger partial charge in [-0.3, -0.25) is 0 Å². The second-order valence-corrected chi connectivity index (χ2v) is 5.42. The van der Waals surface area contributed by atoms with Crippen LogP contribution in [-0.4, -0.2) is 0 Å². The van der Waals surface area contributed by atoms with Crippen molar-refractivity contribution >= 4 is 26.9 Å². The normalized spacial score (nSPS) is 10.8. The molecule has 0 atom stereocenters. The fraction of sp³-hybridized carbons (Fsp3) is 0.125. The largest absolute Gasteiger partial charge is 0.489 e. The molecule has 2 nitrogen and oxygen atoms in total. The highest BCUT2D eigenvalue weighted by atomic mass is 79.9. The molecule has 19 heavy (non-hydrogen) atoms. The molecule has 0 bridgehead atoms. The molecule has 0 spiro atoms. The summed E-state index contributed by atoms with van der Waals surface area (Å²) in [6.45, 7) is 2.57. The third-order valence-electron chi connectivity index (χ3n) is 3.03. The number of benzene rings is 2. The second-order valence-electron chi connectivity index (χ2n) is 4.50. The number of ether oxygens (including phenoxy) is 1. The van der Waals surface area contributed by atoms with Gasteiger partial charge in [0, 0.05) is 15.4 Å². The van der Waals surface area contributed by atoms with Crippen LogP contribution in [0.25, 0.3) is 11.0 Å². The molecule has 3 heteroatoms. The van der Waals surface area contributed by atoms with Crippen molar-refractivity contribution in [3.05, 3.63) is 64.3 Å². The number of aryl methyl sites for hydroxylation is 1. The van der Waals surface area contributed by atoms with E-state index in [0.717, 1.165) is 26.8 Å². The summed E-state index contributed by atoms with van der Waals surface area (Å²) in [6, 6.07) is 14.0. The van der Waals surface area contributed by atoms with Crippen LogP contribution >= 0.6 is 15.9 Å². The Hall–Kier alpha value is -1.74. The van der Waals surface area contributed by atoms with Gasteiger partial charge in [-0.05, 0) is 37.3 Å².